The quantitative estimate of drug-likeness (QED) is 0.0298. The van der Waals surface area contributed by atoms with Gasteiger partial charge in [-0.3, -0.25) is 28.8 Å². The molecule has 128 heavy (non-hydrogen) atoms. The second-order valence-corrected chi connectivity index (χ2v) is 31.9. The molecular formula is C81H85Cl3F11N27O6. The van der Waals surface area contributed by atoms with Gasteiger partial charge in [0.1, 0.15) is 89.4 Å². The molecule has 4 saturated heterocycles. The summed E-state index contributed by atoms with van der Waals surface area (Å²) in [5.41, 5.74) is 4.87. The number of carbonyl (C=O) groups excluding carboxylic acids is 6. The minimum absolute atomic E-state index is 0. The molecule has 0 unspecified atom stereocenters. The van der Waals surface area contributed by atoms with Crippen LogP contribution in [0, 0.1) is 11.6 Å². The van der Waals surface area contributed by atoms with Crippen LogP contribution in [0.3, 0.4) is 0 Å². The number of anilines is 4. The van der Waals surface area contributed by atoms with Crippen LogP contribution in [0.25, 0.3) is 89.7 Å². The zero-order chi connectivity index (χ0) is 91.0. The summed E-state index contributed by atoms with van der Waals surface area (Å²) in [7, 11) is 0. The van der Waals surface area contributed by atoms with Crippen LogP contribution in [0.5, 0.6) is 0 Å². The third-order valence-corrected chi connectivity index (χ3v) is 21.5. The number of aromatic nitrogens is 16. The highest BCUT2D eigenvalue weighted by Gasteiger charge is 2.41. The first-order chi connectivity index (χ1) is 61.1. The van der Waals surface area contributed by atoms with E-state index >= 15 is 0 Å². The zero-order valence-corrected chi connectivity index (χ0v) is 70.4. The Morgan fingerprint density at radius 2 is 0.875 bits per heavy atom. The van der Waals surface area contributed by atoms with Crippen molar-refractivity contribution >= 4 is 138 Å². The SMILES string of the molecule is CC(C)NC(=O)[C@H]1CCCN1c1nc(-c2c[nH]c3ncc(Cl)cc23)ncc1F.CCCNC(=O)c1cc(N2CCC[C@@H]2C(=O)NCC(F)(F)F)nc(-c2c[nH]c3ncc(Cl)cc23)n1.O=C(NC1CC1)c1cc(N2CCC[C@@H]2C(=O)NCC(F)(F)F)nc(-c2c[nH]c3ncc(Cl)cc23)n1.O=C(NCC(F)(F)F)[C@@H]1CNCCN1c1nc(-c2c[nH]c3ncccc23)ncc1F.[HH].[HH]. The molecule has 1 saturated carbocycles. The number of fused-ring (bicyclic) bond motifs is 4. The Hall–Kier alpha value is -12.8. The fourth-order valence-corrected chi connectivity index (χ4v) is 15.3. The van der Waals surface area contributed by atoms with Crippen molar-refractivity contribution in [1.29, 1.82) is 0 Å². The number of rotatable bonds is 21. The van der Waals surface area contributed by atoms with Gasteiger partial charge >= 0.3 is 18.5 Å². The van der Waals surface area contributed by atoms with E-state index in [1.165, 1.54) is 29.4 Å². The van der Waals surface area contributed by atoms with Gasteiger partial charge in [-0.25, -0.2) is 68.6 Å². The van der Waals surface area contributed by atoms with Crippen molar-refractivity contribution in [1.82, 2.24) is 117 Å². The third-order valence-electron chi connectivity index (χ3n) is 20.9. The number of hydrogen-bond acceptors (Lipinski definition) is 23. The average Bonchev–Trinajstić information content (AvgIpc) is 1.60. The molecule has 47 heteroatoms. The van der Waals surface area contributed by atoms with Gasteiger partial charge in [0.25, 0.3) is 11.8 Å². The maximum absolute atomic E-state index is 14.6. The molecular weight excluding hydrogens is 1760 g/mol. The van der Waals surface area contributed by atoms with E-state index in [0.717, 1.165) is 48.8 Å². The van der Waals surface area contributed by atoms with Crippen molar-refractivity contribution in [2.45, 2.75) is 133 Å². The molecule has 6 amide bonds. The Morgan fingerprint density at radius 3 is 1.31 bits per heavy atom. The number of H-pyrrole nitrogens is 4. The first-order valence-electron chi connectivity index (χ1n) is 40.5. The maximum atomic E-state index is 14.6. The van der Waals surface area contributed by atoms with Gasteiger partial charge in [-0.05, 0) is 102 Å². The van der Waals surface area contributed by atoms with Gasteiger partial charge in [-0.1, -0.05) is 41.7 Å². The summed E-state index contributed by atoms with van der Waals surface area (Å²) in [5, 5.41) is 21.3. The van der Waals surface area contributed by atoms with E-state index in [9.17, 15) is 77.1 Å². The van der Waals surface area contributed by atoms with E-state index in [-0.39, 0.29) is 92.0 Å². The second-order valence-electron chi connectivity index (χ2n) is 30.6. The van der Waals surface area contributed by atoms with E-state index in [0.29, 0.717) is 141 Å². The molecule has 678 valence electrons. The highest BCUT2D eigenvalue weighted by molar-refractivity contribution is 6.32. The highest BCUT2D eigenvalue weighted by Crippen LogP contribution is 2.38. The number of nitrogens with one attached hydrogen (secondary N) is 11. The standard InChI is InChI=1S/C22H21ClF3N7O2.C22H23ClF3N7O2.C19H20ClFN6O.C18H17F4N7O.2H2/c23-11-6-13-14(9-28-18(13)27-8-11)19-31-15(20(34)30-12-3-4-12)7-17(32-19)33-5-1-2-16(33)21(35)29-10-22(24,25)26;1-2-5-27-20(34)15-8-17(33-6-3-4-16(33)21(35)30-11-22(24,25)26)32-19(31-15)14-10-29-18-13(14)7-12(23)9-28-18;1-10(2)25-19(28)15-4-3-5-27(15)18-14(21)9-24-17(26-18)13-8-23-16-12(13)6-11(20)7-22-16;19-12-7-26-15(11-6-25-14-10(11)2-1-3-24-14)28-16(12)29-5-4-23-8-13(29)17(30)27-9-18(20,21)22;;/h6-9,12,16H,1-5,10H2,(H,27,28)(H,29,35)(H,30,34);7-10,16H,2-6,11H2,1H3,(H,27,34)(H,28,29)(H,30,35);6-10,15H,3-5H2,1-2H3,(H,22,23)(H,25,28);1-3,6-7,13,23H,4-5,8-9H2,(H,24,25)(H,27,30);2*1H/t2*16-;15-;13-;;/m1110../s1. The molecule has 1 aliphatic carbocycles. The van der Waals surface area contributed by atoms with Gasteiger partial charge in [-0.15, -0.1) is 0 Å². The Bertz CT molecular complexity index is 6110. The van der Waals surface area contributed by atoms with Gasteiger partial charge in [0, 0.05) is 166 Å². The summed E-state index contributed by atoms with van der Waals surface area (Å²) in [4.78, 5) is 146. The van der Waals surface area contributed by atoms with Crippen molar-refractivity contribution < 1.29 is 79.9 Å². The molecule has 4 atom stereocenters. The average molecular weight is 1850 g/mol. The smallest absolute Gasteiger partial charge is 0.352 e. The first kappa shape index (κ1) is 91.4. The predicted molar refractivity (Wildman–Crippen MR) is 456 cm³/mol. The van der Waals surface area contributed by atoms with Crippen molar-refractivity contribution in [2.75, 3.05) is 85.0 Å². The minimum atomic E-state index is -4.54. The first-order valence-corrected chi connectivity index (χ1v) is 41.6. The number of aromatic amines is 4. The lowest BCUT2D eigenvalue weighted by Crippen LogP contribution is -2.59. The Labute approximate surface area is 737 Å². The topological polar surface area (TPSA) is 417 Å². The van der Waals surface area contributed by atoms with Crippen LogP contribution in [0.4, 0.5) is 71.6 Å². The summed E-state index contributed by atoms with van der Waals surface area (Å²) >= 11 is 18.3. The molecule has 0 aromatic carbocycles. The minimum Gasteiger partial charge on any atom is -0.352 e. The molecule has 0 bridgehead atoms. The molecule has 0 radical (unpaired) electrons. The molecule has 5 aliphatic rings. The molecule has 12 aromatic heterocycles. The lowest BCUT2D eigenvalue weighted by Gasteiger charge is -2.36. The number of pyridine rings is 4. The lowest BCUT2D eigenvalue weighted by atomic mass is 10.1. The number of carbonyl (C=O) groups is 6. The molecule has 16 heterocycles. The van der Waals surface area contributed by atoms with E-state index in [2.05, 4.69) is 101 Å². The summed E-state index contributed by atoms with van der Waals surface area (Å²) in [5.74, 6) is -3.11. The predicted octanol–water partition coefficient (Wildman–Crippen LogP) is 12.1. The van der Waals surface area contributed by atoms with Crippen LogP contribution in [-0.4, -0.2) is 235 Å². The molecule has 0 spiro atoms. The maximum Gasteiger partial charge on any atom is 0.405 e. The van der Waals surface area contributed by atoms with Crippen LogP contribution in [0.2, 0.25) is 15.1 Å². The summed E-state index contributed by atoms with van der Waals surface area (Å²) in [6.07, 6.45) is 7.15. The van der Waals surface area contributed by atoms with Crippen LogP contribution in [0.15, 0.2) is 104 Å². The van der Waals surface area contributed by atoms with Gasteiger partial charge in [0.05, 0.1) is 27.5 Å². The largest absolute Gasteiger partial charge is 0.405 e. The Balaban J connectivity index is 0.000000157. The molecule has 5 fully saturated rings. The summed E-state index contributed by atoms with van der Waals surface area (Å²) in [6.45, 7) is 3.85. The van der Waals surface area contributed by atoms with E-state index in [4.69, 9.17) is 34.8 Å². The second kappa shape index (κ2) is 39.2. The van der Waals surface area contributed by atoms with Crippen molar-refractivity contribution in [3.8, 4) is 45.6 Å². The third kappa shape index (κ3) is 22.2. The lowest BCUT2D eigenvalue weighted by molar-refractivity contribution is -0.139. The van der Waals surface area contributed by atoms with Crippen molar-refractivity contribution in [2.24, 2.45) is 0 Å². The van der Waals surface area contributed by atoms with E-state index in [1.54, 1.807) is 82.2 Å². The summed E-state index contributed by atoms with van der Waals surface area (Å²) < 4.78 is 142. The number of hydrogen-bond donors (Lipinski definition) is 11. The monoisotopic (exact) mass is 1850 g/mol. The van der Waals surface area contributed by atoms with E-state index in [1.807, 2.05) is 36.7 Å². The Kier molecular flexibility index (Phi) is 28.0. The number of amides is 6. The number of alkyl halides is 9. The van der Waals surface area contributed by atoms with Crippen LogP contribution < -0.4 is 56.8 Å². The fourth-order valence-electron chi connectivity index (χ4n) is 14.9. The highest BCUT2D eigenvalue weighted by atomic mass is 35.5. The van der Waals surface area contributed by atoms with Gasteiger partial charge in [-0.2, -0.15) is 39.5 Å². The summed E-state index contributed by atoms with van der Waals surface area (Å²) in [6, 6.07) is 8.51. The number of halogens is 14. The van der Waals surface area contributed by atoms with E-state index < -0.39 is 97.6 Å². The van der Waals surface area contributed by atoms with Crippen molar-refractivity contribution in [3.63, 3.8) is 0 Å². The van der Waals surface area contributed by atoms with Crippen LogP contribution >= 0.6 is 34.8 Å². The zero-order valence-electron chi connectivity index (χ0n) is 68.1. The van der Waals surface area contributed by atoms with Crippen LogP contribution in [-0.2, 0) is 19.2 Å². The normalized spacial score (nSPS) is 17.1. The van der Waals surface area contributed by atoms with Gasteiger partial charge in [0.15, 0.2) is 46.6 Å². The van der Waals surface area contributed by atoms with Gasteiger partial charge in [0.2, 0.25) is 23.6 Å². The number of piperazine rings is 1. The van der Waals surface area contributed by atoms with Crippen LogP contribution in [0.1, 0.15) is 102 Å². The van der Waals surface area contributed by atoms with Gasteiger partial charge < -0.3 is 76.8 Å². The molecule has 17 rings (SSSR count). The van der Waals surface area contributed by atoms with Crippen molar-refractivity contribution in [3.05, 3.63) is 143 Å². The molecule has 4 aliphatic heterocycles. The Morgan fingerprint density at radius 1 is 0.469 bits per heavy atom. The molecule has 11 N–H and O–H groups in total. The number of nitrogens with zero attached hydrogens (tertiary/aromatic N) is 16. The molecule has 12 aromatic rings. The molecule has 33 nitrogen and oxygen atoms in total. The fraction of sp³-hybridized carbons (Fsp3) is 0.383.